The topological polar surface area (TPSA) is 87.5 Å². The van der Waals surface area contributed by atoms with Crippen molar-refractivity contribution in [2.75, 3.05) is 26.7 Å². The summed E-state index contributed by atoms with van der Waals surface area (Å²) in [6.07, 6.45) is 0. The van der Waals surface area contributed by atoms with Crippen LogP contribution < -0.4 is 10.6 Å². The molecule has 1 atom stereocenters. The van der Waals surface area contributed by atoms with Gasteiger partial charge < -0.3 is 20.1 Å². The Labute approximate surface area is 146 Å². The molecule has 1 aliphatic heterocycles. The van der Waals surface area contributed by atoms with Crippen LogP contribution in [0.25, 0.3) is 0 Å². The molecule has 2 N–H and O–H groups in total. The third-order valence-electron chi connectivity index (χ3n) is 4.51. The molecule has 1 fully saturated rings. The van der Waals surface area contributed by atoms with E-state index < -0.39 is 0 Å². The molecule has 2 heterocycles. The van der Waals surface area contributed by atoms with E-state index in [9.17, 15) is 9.59 Å². The van der Waals surface area contributed by atoms with E-state index in [1.54, 1.807) is 27.0 Å². The average molecular weight is 342 g/mol. The number of hydrogen-bond donors (Lipinski definition) is 2. The van der Waals surface area contributed by atoms with E-state index in [1.807, 2.05) is 23.1 Å². The lowest BCUT2D eigenvalue weighted by molar-refractivity contribution is 0.0632. The number of aromatic nitrogens is 1. The first kappa shape index (κ1) is 17.2. The molecule has 0 radical (unpaired) electrons. The number of benzene rings is 1. The number of nitrogens with zero attached hydrogens (tertiary/aromatic N) is 2. The number of hydrogen-bond acceptors (Lipinski definition) is 5. The van der Waals surface area contributed by atoms with Crippen molar-refractivity contribution < 1.29 is 14.1 Å². The summed E-state index contributed by atoms with van der Waals surface area (Å²) in [5, 5.41) is 9.84. The molecule has 1 unspecified atom stereocenters. The van der Waals surface area contributed by atoms with Crippen molar-refractivity contribution >= 4 is 11.8 Å². The first-order valence-electron chi connectivity index (χ1n) is 8.29. The average Bonchev–Trinajstić information content (AvgIpc) is 2.99. The predicted molar refractivity (Wildman–Crippen MR) is 92.5 cm³/mol. The molecule has 1 aliphatic rings. The van der Waals surface area contributed by atoms with Crippen LogP contribution in [0.5, 0.6) is 0 Å². The molecule has 1 saturated heterocycles. The number of piperazine rings is 1. The first-order chi connectivity index (χ1) is 12.0. The molecule has 3 rings (SSSR count). The van der Waals surface area contributed by atoms with Crippen LogP contribution in [0.3, 0.4) is 0 Å². The lowest BCUT2D eigenvalue weighted by Crippen LogP contribution is -2.49. The highest BCUT2D eigenvalue weighted by atomic mass is 16.5. The predicted octanol–water partition coefficient (Wildman–Crippen LogP) is 1.44. The summed E-state index contributed by atoms with van der Waals surface area (Å²) in [5.41, 5.74) is 2.62. The van der Waals surface area contributed by atoms with Gasteiger partial charge in [0.05, 0.1) is 11.7 Å². The van der Waals surface area contributed by atoms with Gasteiger partial charge in [-0.05, 0) is 31.5 Å². The second-order valence-corrected chi connectivity index (χ2v) is 6.12. The van der Waals surface area contributed by atoms with E-state index in [4.69, 9.17) is 4.52 Å². The number of nitrogens with one attached hydrogen (secondary N) is 2. The van der Waals surface area contributed by atoms with Crippen LogP contribution in [0.15, 0.2) is 28.8 Å². The summed E-state index contributed by atoms with van der Waals surface area (Å²) < 4.78 is 5.15. The Morgan fingerprint density at radius 1 is 1.36 bits per heavy atom. The summed E-state index contributed by atoms with van der Waals surface area (Å²) >= 11 is 0. The van der Waals surface area contributed by atoms with Crippen molar-refractivity contribution in [3.8, 4) is 0 Å². The van der Waals surface area contributed by atoms with E-state index in [2.05, 4.69) is 15.8 Å². The lowest BCUT2D eigenvalue weighted by Gasteiger charge is -2.36. The van der Waals surface area contributed by atoms with Crippen molar-refractivity contribution in [1.29, 1.82) is 0 Å². The molecule has 0 aliphatic carbocycles. The Bertz CT molecular complexity index is 780. The molecule has 0 spiro atoms. The van der Waals surface area contributed by atoms with Crippen LogP contribution in [0.1, 0.15) is 43.8 Å². The zero-order valence-corrected chi connectivity index (χ0v) is 14.6. The molecular weight excluding hydrogens is 320 g/mol. The molecule has 7 nitrogen and oxygen atoms in total. The summed E-state index contributed by atoms with van der Waals surface area (Å²) in [5.74, 6) is 0.293. The van der Waals surface area contributed by atoms with E-state index in [1.165, 1.54) is 0 Å². The van der Waals surface area contributed by atoms with E-state index in [0.29, 0.717) is 35.7 Å². The van der Waals surface area contributed by atoms with Gasteiger partial charge in [0.1, 0.15) is 11.3 Å². The fraction of sp³-hybridized carbons (Fsp3) is 0.389. The largest absolute Gasteiger partial charge is 0.361 e. The van der Waals surface area contributed by atoms with Gasteiger partial charge in [-0.1, -0.05) is 17.3 Å². The van der Waals surface area contributed by atoms with Crippen LogP contribution in [0, 0.1) is 13.8 Å². The number of aryl methyl sites for hydroxylation is 2. The molecule has 25 heavy (non-hydrogen) atoms. The molecule has 1 aromatic heterocycles. The van der Waals surface area contributed by atoms with Crippen LogP contribution in [-0.4, -0.2) is 48.6 Å². The summed E-state index contributed by atoms with van der Waals surface area (Å²) in [6.45, 7) is 5.45. The Balaban J connectivity index is 1.94. The number of amides is 2. The number of carbonyl (C=O) groups is 2. The third kappa shape index (κ3) is 3.28. The van der Waals surface area contributed by atoms with Crippen LogP contribution >= 0.6 is 0 Å². The van der Waals surface area contributed by atoms with E-state index in [-0.39, 0.29) is 17.9 Å². The Morgan fingerprint density at radius 2 is 2.16 bits per heavy atom. The van der Waals surface area contributed by atoms with Gasteiger partial charge in [0.15, 0.2) is 0 Å². The van der Waals surface area contributed by atoms with Gasteiger partial charge in [-0.3, -0.25) is 9.59 Å². The van der Waals surface area contributed by atoms with Gasteiger partial charge in [-0.2, -0.15) is 0 Å². The van der Waals surface area contributed by atoms with Crippen molar-refractivity contribution in [1.82, 2.24) is 20.7 Å². The summed E-state index contributed by atoms with van der Waals surface area (Å²) in [6, 6.07) is 7.23. The Hall–Kier alpha value is -2.67. The highest BCUT2D eigenvalue weighted by molar-refractivity contribution is 5.97. The van der Waals surface area contributed by atoms with Crippen molar-refractivity contribution in [2.45, 2.75) is 19.9 Å². The summed E-state index contributed by atoms with van der Waals surface area (Å²) in [7, 11) is 1.60. The highest BCUT2D eigenvalue weighted by Gasteiger charge is 2.32. The van der Waals surface area contributed by atoms with Crippen LogP contribution in [0.4, 0.5) is 0 Å². The molecule has 132 valence electrons. The molecule has 2 amide bonds. The fourth-order valence-corrected chi connectivity index (χ4v) is 3.21. The second kappa shape index (κ2) is 7.06. The molecule has 1 aromatic carbocycles. The minimum absolute atomic E-state index is 0.0897. The van der Waals surface area contributed by atoms with Gasteiger partial charge in [-0.15, -0.1) is 0 Å². The van der Waals surface area contributed by atoms with E-state index >= 15 is 0 Å². The lowest BCUT2D eigenvalue weighted by atomic mass is 9.99. The van der Waals surface area contributed by atoms with Crippen LogP contribution in [0.2, 0.25) is 0 Å². The Morgan fingerprint density at radius 3 is 2.84 bits per heavy atom. The minimum atomic E-state index is -0.153. The monoisotopic (exact) mass is 342 g/mol. The third-order valence-corrected chi connectivity index (χ3v) is 4.51. The van der Waals surface area contributed by atoms with Gasteiger partial charge in [-0.25, -0.2) is 0 Å². The zero-order valence-electron chi connectivity index (χ0n) is 14.6. The van der Waals surface area contributed by atoms with Crippen molar-refractivity contribution in [2.24, 2.45) is 0 Å². The van der Waals surface area contributed by atoms with Crippen molar-refractivity contribution in [3.63, 3.8) is 0 Å². The van der Waals surface area contributed by atoms with Gasteiger partial charge in [0, 0.05) is 32.2 Å². The normalized spacial score (nSPS) is 17.4. The molecular formula is C18H22N4O3. The first-order valence-corrected chi connectivity index (χ1v) is 8.29. The number of rotatable bonds is 3. The quantitative estimate of drug-likeness (QED) is 0.881. The maximum Gasteiger partial charge on any atom is 0.259 e. The molecule has 0 bridgehead atoms. The van der Waals surface area contributed by atoms with Gasteiger partial charge in [0.2, 0.25) is 0 Å². The molecule has 2 aromatic rings. The number of carbonyl (C=O) groups excluding carboxylic acids is 2. The zero-order chi connectivity index (χ0) is 18.0. The summed E-state index contributed by atoms with van der Waals surface area (Å²) in [4.78, 5) is 26.8. The van der Waals surface area contributed by atoms with E-state index in [0.717, 1.165) is 12.1 Å². The highest BCUT2D eigenvalue weighted by Crippen LogP contribution is 2.26. The fourth-order valence-electron chi connectivity index (χ4n) is 3.21. The minimum Gasteiger partial charge on any atom is -0.361 e. The second-order valence-electron chi connectivity index (χ2n) is 6.12. The van der Waals surface area contributed by atoms with Gasteiger partial charge in [0.25, 0.3) is 11.8 Å². The maximum atomic E-state index is 13.1. The maximum absolute atomic E-state index is 13.1. The van der Waals surface area contributed by atoms with Crippen molar-refractivity contribution in [3.05, 3.63) is 52.4 Å². The molecule has 7 heteroatoms. The smallest absolute Gasteiger partial charge is 0.259 e. The van der Waals surface area contributed by atoms with Gasteiger partial charge >= 0.3 is 0 Å². The molecule has 0 saturated carbocycles. The Kier molecular flexibility index (Phi) is 4.85. The van der Waals surface area contributed by atoms with Crippen LogP contribution in [-0.2, 0) is 0 Å². The SMILES string of the molecule is CNC(=O)c1cccc(C2CNCCN2C(=O)c2c(C)noc2C)c1. The standard InChI is InChI=1S/C18H22N4O3/c1-11-16(12(2)25-21-11)18(24)22-8-7-20-10-15(22)13-5-4-6-14(9-13)17(23)19-3/h4-6,9,15,20H,7-8,10H2,1-3H3,(H,19,23).